The van der Waals surface area contributed by atoms with Gasteiger partial charge < -0.3 is 0 Å². The minimum absolute atomic E-state index is 0.759. The molecule has 0 saturated carbocycles. The molecule has 0 atom stereocenters. The fraction of sp³-hybridized carbons (Fsp3) is 0. The van der Waals surface area contributed by atoms with E-state index in [9.17, 15) is 0 Å². The van der Waals surface area contributed by atoms with E-state index in [0.717, 1.165) is 19.0 Å². The molecule has 6 heteroatoms. The Bertz CT molecular complexity index is 431. The summed E-state index contributed by atoms with van der Waals surface area (Å²) in [6.45, 7) is 0. The summed E-state index contributed by atoms with van der Waals surface area (Å²) in [5.41, 5.74) is 0.850. The van der Waals surface area contributed by atoms with Gasteiger partial charge in [-0.15, -0.1) is 0 Å². The van der Waals surface area contributed by atoms with Crippen molar-refractivity contribution in [3.8, 4) is 10.7 Å². The molecule has 13 heavy (non-hydrogen) atoms. The topological polar surface area (TPSA) is 38.7 Å². The maximum Gasteiger partial charge on any atom is 0.203 e. The number of rotatable bonds is 1. The smallest absolute Gasteiger partial charge is 0.203 e. The molecule has 0 bridgehead atoms. The van der Waals surface area contributed by atoms with E-state index in [-0.39, 0.29) is 0 Å². The van der Waals surface area contributed by atoms with Crippen molar-refractivity contribution in [2.45, 2.75) is 0 Å². The second kappa shape index (κ2) is 3.97. The van der Waals surface area contributed by atoms with E-state index in [1.54, 1.807) is 6.20 Å². The largest absolute Gasteiger partial charge is 0.252 e. The highest BCUT2D eigenvalue weighted by Gasteiger charge is 2.08. The molecule has 0 fully saturated rings. The molecular formula is C7H3BrIN3S. The summed E-state index contributed by atoms with van der Waals surface area (Å²) in [6, 6.07) is 3.82. The fourth-order valence-corrected chi connectivity index (χ4v) is 2.70. The van der Waals surface area contributed by atoms with Crippen LogP contribution in [0.3, 0.4) is 0 Å². The van der Waals surface area contributed by atoms with Crippen LogP contribution in [0.25, 0.3) is 10.7 Å². The van der Waals surface area contributed by atoms with Crippen LogP contribution in [-0.4, -0.2) is 14.3 Å². The molecule has 66 valence electrons. The van der Waals surface area contributed by atoms with E-state index in [2.05, 4.69) is 52.9 Å². The molecule has 0 aromatic carbocycles. The van der Waals surface area contributed by atoms with Crippen LogP contribution in [0.1, 0.15) is 0 Å². The molecule has 0 spiro atoms. The molecule has 0 N–H and O–H groups in total. The molecule has 3 nitrogen and oxygen atoms in total. The molecule has 0 saturated heterocycles. The third-order valence-corrected chi connectivity index (χ3v) is 3.53. The molecular weight excluding hydrogens is 365 g/mol. The summed E-state index contributed by atoms with van der Waals surface area (Å²) >= 11 is 6.86. The van der Waals surface area contributed by atoms with Crippen LogP contribution in [0.5, 0.6) is 0 Å². The first kappa shape index (κ1) is 9.47. The molecule has 2 heterocycles. The maximum atomic E-state index is 4.24. The van der Waals surface area contributed by atoms with Crippen molar-refractivity contribution >= 4 is 50.1 Å². The predicted molar refractivity (Wildman–Crippen MR) is 63.6 cm³/mol. The Kier molecular flexibility index (Phi) is 2.89. The number of nitrogens with zero attached hydrogens (tertiary/aromatic N) is 3. The Morgan fingerprint density at radius 3 is 2.92 bits per heavy atom. The summed E-state index contributed by atoms with van der Waals surface area (Å²) in [7, 11) is 0. The fourth-order valence-electron chi connectivity index (χ4n) is 0.845. The van der Waals surface area contributed by atoms with Gasteiger partial charge in [0.05, 0.1) is 0 Å². The predicted octanol–water partition coefficient (Wildman–Crippen LogP) is 2.97. The number of hydrogen-bond donors (Lipinski definition) is 0. The van der Waals surface area contributed by atoms with Gasteiger partial charge >= 0.3 is 0 Å². The standard InChI is InChI=1S/C7H3BrIN3S/c8-4-2-1-3-10-5(4)6-11-7(9)12-13-6/h1-3H. The molecule has 0 aliphatic heterocycles. The lowest BCUT2D eigenvalue weighted by Crippen LogP contribution is -1.83. The summed E-state index contributed by atoms with van der Waals surface area (Å²) in [6.07, 6.45) is 1.74. The van der Waals surface area contributed by atoms with Gasteiger partial charge in [0.1, 0.15) is 5.69 Å². The second-order valence-corrected chi connectivity index (χ2v) is 4.77. The highest BCUT2D eigenvalue weighted by Crippen LogP contribution is 2.26. The van der Waals surface area contributed by atoms with Crippen molar-refractivity contribution in [2.24, 2.45) is 0 Å². The van der Waals surface area contributed by atoms with Crippen molar-refractivity contribution in [3.63, 3.8) is 0 Å². The molecule has 0 amide bonds. The third kappa shape index (κ3) is 2.05. The SMILES string of the molecule is Brc1cccnc1-c1nc(I)ns1. The first-order valence-corrected chi connectivity index (χ1v) is 6.02. The van der Waals surface area contributed by atoms with Crippen LogP contribution >= 0.6 is 50.1 Å². The van der Waals surface area contributed by atoms with E-state index < -0.39 is 0 Å². The molecule has 2 aromatic heterocycles. The van der Waals surface area contributed by atoms with Gasteiger partial charge in [0.15, 0.2) is 5.01 Å². The molecule has 2 rings (SSSR count). The third-order valence-electron chi connectivity index (χ3n) is 1.36. The molecule has 0 aliphatic carbocycles. The van der Waals surface area contributed by atoms with Crippen LogP contribution in [-0.2, 0) is 0 Å². The summed E-state index contributed by atoms with van der Waals surface area (Å²) in [5.74, 6) is 0. The van der Waals surface area contributed by atoms with E-state index in [1.807, 2.05) is 12.1 Å². The number of halogens is 2. The summed E-state index contributed by atoms with van der Waals surface area (Å²) in [5, 5.41) is 0.844. The van der Waals surface area contributed by atoms with Gasteiger partial charge in [-0.25, -0.2) is 4.98 Å². The second-order valence-electron chi connectivity index (χ2n) is 2.20. The van der Waals surface area contributed by atoms with Crippen LogP contribution in [0.4, 0.5) is 0 Å². The van der Waals surface area contributed by atoms with Gasteiger partial charge in [-0.2, -0.15) is 4.37 Å². The number of pyridine rings is 1. The van der Waals surface area contributed by atoms with E-state index in [1.165, 1.54) is 11.5 Å². The van der Waals surface area contributed by atoms with Gasteiger partial charge in [0.2, 0.25) is 3.83 Å². The molecule has 0 radical (unpaired) electrons. The van der Waals surface area contributed by atoms with Gasteiger partial charge in [0.25, 0.3) is 0 Å². The minimum atomic E-state index is 0.759. The lowest BCUT2D eigenvalue weighted by Gasteiger charge is -1.95. The highest BCUT2D eigenvalue weighted by atomic mass is 127. The average Bonchev–Trinajstić information content (AvgIpc) is 2.53. The first-order valence-electron chi connectivity index (χ1n) is 3.37. The zero-order valence-electron chi connectivity index (χ0n) is 6.24. The lowest BCUT2D eigenvalue weighted by atomic mass is 10.4. The van der Waals surface area contributed by atoms with Crippen LogP contribution in [0.2, 0.25) is 0 Å². The van der Waals surface area contributed by atoms with Crippen molar-refractivity contribution in [1.82, 2.24) is 14.3 Å². The zero-order valence-corrected chi connectivity index (χ0v) is 10.8. The maximum absolute atomic E-state index is 4.24. The van der Waals surface area contributed by atoms with Crippen molar-refractivity contribution in [1.29, 1.82) is 0 Å². The van der Waals surface area contributed by atoms with Crippen molar-refractivity contribution in [3.05, 3.63) is 26.6 Å². The lowest BCUT2D eigenvalue weighted by molar-refractivity contribution is 1.22. The normalized spacial score (nSPS) is 10.3. The quantitative estimate of drug-likeness (QED) is 0.727. The number of hydrogen-bond acceptors (Lipinski definition) is 4. The molecule has 0 aliphatic rings. The molecule has 2 aromatic rings. The van der Waals surface area contributed by atoms with Crippen molar-refractivity contribution in [2.75, 3.05) is 0 Å². The zero-order chi connectivity index (χ0) is 9.26. The number of aromatic nitrogens is 3. The van der Waals surface area contributed by atoms with Crippen molar-refractivity contribution < 1.29 is 0 Å². The Balaban J connectivity index is 2.52. The van der Waals surface area contributed by atoms with Gasteiger partial charge in [-0.1, -0.05) is 0 Å². The van der Waals surface area contributed by atoms with E-state index in [4.69, 9.17) is 0 Å². The van der Waals surface area contributed by atoms with Gasteiger partial charge in [-0.3, -0.25) is 4.98 Å². The molecule has 0 unspecified atom stereocenters. The van der Waals surface area contributed by atoms with Crippen LogP contribution in [0.15, 0.2) is 22.8 Å². The summed E-state index contributed by atoms with van der Waals surface area (Å²) < 4.78 is 5.80. The van der Waals surface area contributed by atoms with Crippen LogP contribution < -0.4 is 0 Å². The first-order chi connectivity index (χ1) is 6.27. The van der Waals surface area contributed by atoms with Gasteiger partial charge in [-0.05, 0) is 39.6 Å². The monoisotopic (exact) mass is 367 g/mol. The minimum Gasteiger partial charge on any atom is -0.252 e. The Hall–Kier alpha value is -0.0800. The summed E-state index contributed by atoms with van der Waals surface area (Å²) in [4.78, 5) is 8.46. The Morgan fingerprint density at radius 1 is 1.46 bits per heavy atom. The Morgan fingerprint density at radius 2 is 2.31 bits per heavy atom. The average molecular weight is 368 g/mol. The highest BCUT2D eigenvalue weighted by molar-refractivity contribution is 14.1. The Labute approximate surface area is 101 Å². The van der Waals surface area contributed by atoms with Crippen LogP contribution in [0, 0.1) is 3.83 Å². The van der Waals surface area contributed by atoms with Gasteiger partial charge in [0, 0.05) is 33.3 Å². The van der Waals surface area contributed by atoms with E-state index in [0.29, 0.717) is 0 Å². The van der Waals surface area contributed by atoms with E-state index >= 15 is 0 Å².